The van der Waals surface area contributed by atoms with Crippen LogP contribution < -0.4 is 5.73 Å². The zero-order valence-electron chi connectivity index (χ0n) is 18.3. The highest BCUT2D eigenvalue weighted by Gasteiger charge is 2.61. The van der Waals surface area contributed by atoms with Gasteiger partial charge in [0, 0.05) is 28.9 Å². The van der Waals surface area contributed by atoms with Crippen LogP contribution in [-0.4, -0.2) is 29.7 Å². The van der Waals surface area contributed by atoms with Crippen LogP contribution in [0.2, 0.25) is 0 Å². The van der Waals surface area contributed by atoms with Gasteiger partial charge in [-0.1, -0.05) is 19.1 Å². The van der Waals surface area contributed by atoms with Gasteiger partial charge in [0.1, 0.15) is 5.84 Å². The van der Waals surface area contributed by atoms with E-state index in [0.717, 1.165) is 23.4 Å². The van der Waals surface area contributed by atoms with Crippen LogP contribution in [0.1, 0.15) is 42.9 Å². The molecule has 0 bridgehead atoms. The molecule has 5 nitrogen and oxygen atoms in total. The van der Waals surface area contributed by atoms with Gasteiger partial charge in [-0.15, -0.1) is 0 Å². The molecule has 34 heavy (non-hydrogen) atoms. The van der Waals surface area contributed by atoms with Crippen LogP contribution in [0.3, 0.4) is 0 Å². The molecule has 180 valence electrons. The van der Waals surface area contributed by atoms with E-state index in [4.69, 9.17) is 20.5 Å². The number of hydrogen-bond donors (Lipinski definition) is 1. The highest BCUT2D eigenvalue weighted by molar-refractivity contribution is 6.30. The predicted octanol–water partition coefficient (Wildman–Crippen LogP) is 5.33. The Morgan fingerprint density at radius 3 is 2.59 bits per heavy atom. The minimum absolute atomic E-state index is 0.159. The van der Waals surface area contributed by atoms with Crippen molar-refractivity contribution >= 4 is 12.1 Å². The second-order valence-electron chi connectivity index (χ2n) is 9.41. The molecule has 1 aromatic carbocycles. The molecule has 10 heteroatoms. The Hall–Kier alpha value is -2.88. The molecule has 0 saturated heterocycles. The highest BCUT2D eigenvalue weighted by atomic mass is 19.4. The van der Waals surface area contributed by atoms with Crippen LogP contribution in [0.15, 0.2) is 46.6 Å². The van der Waals surface area contributed by atoms with Crippen LogP contribution in [0, 0.1) is 11.3 Å². The summed E-state index contributed by atoms with van der Waals surface area (Å²) in [6.45, 7) is -0.950. The largest absolute Gasteiger partial charge is 0.417 e. The number of amidine groups is 1. The molecule has 1 aromatic heterocycles. The van der Waals surface area contributed by atoms with Gasteiger partial charge in [0.2, 0.25) is 0 Å². The Bertz CT molecular complexity index is 1180. The monoisotopic (exact) mass is 478 g/mol. The van der Waals surface area contributed by atoms with E-state index in [-0.39, 0.29) is 11.8 Å². The lowest BCUT2D eigenvalue weighted by Gasteiger charge is -2.47. The number of nitrogens with two attached hydrogens (primary N) is 1. The van der Waals surface area contributed by atoms with Crippen molar-refractivity contribution in [3.05, 3.63) is 53.3 Å². The quantitative estimate of drug-likeness (QED) is 0.606. The summed E-state index contributed by atoms with van der Waals surface area (Å²) < 4.78 is 70.3. The van der Waals surface area contributed by atoms with E-state index in [2.05, 4.69) is 4.98 Å². The molecule has 4 atom stereocenters. The van der Waals surface area contributed by atoms with E-state index in [1.165, 1.54) is 12.4 Å². The fourth-order valence-electron chi connectivity index (χ4n) is 5.91. The average Bonchev–Trinajstić information content (AvgIpc) is 3.28. The summed E-state index contributed by atoms with van der Waals surface area (Å²) in [7, 11) is 0. The Kier molecular flexibility index (Phi) is 5.27. The maximum absolute atomic E-state index is 13.2. The Balaban J connectivity index is 1.56. The van der Waals surface area contributed by atoms with E-state index in [9.17, 15) is 22.0 Å². The molecule has 5 rings (SSSR count). The van der Waals surface area contributed by atoms with Crippen molar-refractivity contribution in [3.8, 4) is 11.1 Å². The molecule has 0 amide bonds. The molecular weight excluding hydrogens is 455 g/mol. The van der Waals surface area contributed by atoms with Crippen molar-refractivity contribution in [2.75, 3.05) is 0 Å². The minimum Gasteiger partial charge on any atom is -0.383 e. The highest BCUT2D eigenvalue weighted by Crippen LogP contribution is 2.62. The number of aromatic nitrogens is 1. The summed E-state index contributed by atoms with van der Waals surface area (Å²) in [6.07, 6.45) is 0.756. The number of hydrogen-bond acceptors (Lipinski definition) is 5. The molecule has 3 aliphatic rings. The third-order valence-electron chi connectivity index (χ3n) is 7.36. The number of halogens is 5. The number of nitrogens with zero attached hydrogens (tertiary/aromatic N) is 3. The fourth-order valence-corrected chi connectivity index (χ4v) is 5.91. The molecule has 1 saturated carbocycles. The molecule has 2 unspecified atom stereocenters. The van der Waals surface area contributed by atoms with Gasteiger partial charge in [-0.25, -0.2) is 4.99 Å². The van der Waals surface area contributed by atoms with Gasteiger partial charge in [0.05, 0.1) is 17.9 Å². The van der Waals surface area contributed by atoms with Gasteiger partial charge < -0.3 is 10.5 Å². The first kappa shape index (κ1) is 22.9. The van der Waals surface area contributed by atoms with Gasteiger partial charge in [-0.2, -0.15) is 22.0 Å². The first-order valence-electron chi connectivity index (χ1n) is 11.0. The smallest absolute Gasteiger partial charge is 0.383 e. The lowest BCUT2D eigenvalue weighted by atomic mass is 9.62. The summed E-state index contributed by atoms with van der Waals surface area (Å²) in [6, 6.07) is 6.53. The van der Waals surface area contributed by atoms with Crippen molar-refractivity contribution < 1.29 is 26.7 Å². The van der Waals surface area contributed by atoms with E-state index in [0.29, 0.717) is 36.8 Å². The SMILES string of the molecule is CC1C[C@]2(CC[C@H]1OC(F)F)Cc1ccc(-c3cncc(C(F)(F)F)c3)cc1C21N=CC(N)=N1. The van der Waals surface area contributed by atoms with Crippen molar-refractivity contribution in [2.45, 2.75) is 57.2 Å². The zero-order chi connectivity index (χ0) is 24.3. The molecular formula is C24H23F5N4O. The normalized spacial score (nSPS) is 30.4. The second-order valence-corrected chi connectivity index (χ2v) is 9.41. The number of aliphatic imine (C=N–C) groups is 2. The fraction of sp³-hybridized carbons (Fsp3) is 0.458. The van der Waals surface area contributed by atoms with Gasteiger partial charge in [-0.05, 0) is 54.9 Å². The average molecular weight is 478 g/mol. The van der Waals surface area contributed by atoms with Crippen LogP contribution in [0.25, 0.3) is 11.1 Å². The third kappa shape index (κ3) is 3.59. The lowest BCUT2D eigenvalue weighted by molar-refractivity contribution is -0.191. The summed E-state index contributed by atoms with van der Waals surface area (Å²) >= 11 is 0. The van der Waals surface area contributed by atoms with Gasteiger partial charge in [0.15, 0.2) is 5.66 Å². The topological polar surface area (TPSA) is 72.9 Å². The maximum atomic E-state index is 13.2. The van der Waals surface area contributed by atoms with Crippen LogP contribution in [0.5, 0.6) is 0 Å². The summed E-state index contributed by atoms with van der Waals surface area (Å²) in [5, 5.41) is 0. The number of rotatable bonds is 3. The minimum atomic E-state index is -4.51. The van der Waals surface area contributed by atoms with Gasteiger partial charge in [-0.3, -0.25) is 9.98 Å². The van der Waals surface area contributed by atoms with E-state index in [1.807, 2.05) is 19.1 Å². The molecule has 0 radical (unpaired) electrons. The van der Waals surface area contributed by atoms with Crippen LogP contribution in [-0.2, 0) is 23.0 Å². The predicted molar refractivity (Wildman–Crippen MR) is 116 cm³/mol. The van der Waals surface area contributed by atoms with E-state index in [1.54, 1.807) is 6.07 Å². The first-order valence-corrected chi connectivity index (χ1v) is 11.0. The summed E-state index contributed by atoms with van der Waals surface area (Å²) in [5.74, 6) is 0.102. The van der Waals surface area contributed by atoms with Crippen molar-refractivity contribution in [3.63, 3.8) is 0 Å². The first-order chi connectivity index (χ1) is 16.0. The van der Waals surface area contributed by atoms with Crippen molar-refractivity contribution in [1.29, 1.82) is 0 Å². The number of alkyl halides is 5. The van der Waals surface area contributed by atoms with Crippen LogP contribution >= 0.6 is 0 Å². The molecule has 2 aromatic rings. The van der Waals surface area contributed by atoms with E-state index < -0.39 is 35.5 Å². The van der Waals surface area contributed by atoms with E-state index >= 15 is 0 Å². The van der Waals surface area contributed by atoms with Crippen LogP contribution in [0.4, 0.5) is 22.0 Å². The standard InChI is InChI=1S/C24H23F5N4O/c1-13-8-22(5-4-19(13)34-21(25)26)9-15-3-2-14(7-18(15)23(22)32-12-20(30)33-23)16-6-17(11-31-10-16)24(27,28)29/h2-3,6-7,10-13,19,21H,4-5,8-9H2,1H3,(H2,30,33)/t13?,19-,22-,23?/m1/s1. The Labute approximate surface area is 193 Å². The second kappa shape index (κ2) is 7.83. The number of benzene rings is 1. The zero-order valence-corrected chi connectivity index (χ0v) is 18.3. The number of fused-ring (bicyclic) bond motifs is 3. The summed E-state index contributed by atoms with van der Waals surface area (Å²) in [5.41, 5.74) is 6.31. The molecule has 2 heterocycles. The lowest BCUT2D eigenvalue weighted by Crippen LogP contribution is -2.47. The number of pyridine rings is 1. The Morgan fingerprint density at radius 2 is 1.94 bits per heavy atom. The molecule has 1 fully saturated rings. The molecule has 2 aliphatic carbocycles. The molecule has 2 spiro atoms. The van der Waals surface area contributed by atoms with Crippen molar-refractivity contribution in [2.24, 2.45) is 27.1 Å². The Morgan fingerprint density at radius 1 is 1.15 bits per heavy atom. The molecule has 1 aliphatic heterocycles. The van der Waals surface area contributed by atoms with Gasteiger partial charge >= 0.3 is 12.8 Å². The van der Waals surface area contributed by atoms with Gasteiger partial charge in [0.25, 0.3) is 0 Å². The third-order valence-corrected chi connectivity index (χ3v) is 7.36. The summed E-state index contributed by atoms with van der Waals surface area (Å²) in [4.78, 5) is 13.3. The molecule has 2 N–H and O–H groups in total. The van der Waals surface area contributed by atoms with Crippen molar-refractivity contribution in [1.82, 2.24) is 4.98 Å². The number of ether oxygens (including phenoxy) is 1. The maximum Gasteiger partial charge on any atom is 0.417 e.